The lowest BCUT2D eigenvalue weighted by Crippen LogP contribution is -2.38. The molecule has 1 saturated heterocycles. The molecule has 0 bridgehead atoms. The molecule has 0 atom stereocenters. The highest BCUT2D eigenvalue weighted by atomic mass is 32.2. The topological polar surface area (TPSA) is 109 Å². The second-order valence-corrected chi connectivity index (χ2v) is 8.90. The van der Waals surface area contributed by atoms with Crippen molar-refractivity contribution in [3.63, 3.8) is 0 Å². The standard InChI is InChI=1S/C21H20N4O4S/c1-28-19-8-3-2-7-18(19)21-24-23-20(29-21)16-9-11-25(12-10-16)30(26,27)17-6-4-5-15(13-17)14-22/h2-8,13,16H,9-12H2,1H3. The molecule has 0 unspecified atom stereocenters. The van der Waals surface area contributed by atoms with Crippen LogP contribution in [0, 0.1) is 11.3 Å². The van der Waals surface area contributed by atoms with Gasteiger partial charge in [-0.05, 0) is 43.2 Å². The fourth-order valence-electron chi connectivity index (χ4n) is 3.55. The summed E-state index contributed by atoms with van der Waals surface area (Å²) in [5, 5.41) is 17.4. The predicted octanol–water partition coefficient (Wildman–Crippen LogP) is 3.19. The van der Waals surface area contributed by atoms with E-state index in [1.807, 2.05) is 30.3 Å². The largest absolute Gasteiger partial charge is 0.496 e. The van der Waals surface area contributed by atoms with Gasteiger partial charge in [0.05, 0.1) is 29.2 Å². The second kappa shape index (κ2) is 8.26. The number of nitrogens with zero attached hydrogens (tertiary/aromatic N) is 4. The molecule has 1 aliphatic heterocycles. The molecule has 30 heavy (non-hydrogen) atoms. The Morgan fingerprint density at radius 3 is 2.63 bits per heavy atom. The van der Waals surface area contributed by atoms with Gasteiger partial charge in [0.1, 0.15) is 5.75 Å². The molecule has 3 aromatic rings. The van der Waals surface area contributed by atoms with Gasteiger partial charge in [0, 0.05) is 19.0 Å². The lowest BCUT2D eigenvalue weighted by Gasteiger charge is -2.29. The van der Waals surface area contributed by atoms with E-state index in [0.29, 0.717) is 49.0 Å². The molecule has 154 valence electrons. The summed E-state index contributed by atoms with van der Waals surface area (Å²) in [5.41, 5.74) is 1.04. The smallest absolute Gasteiger partial charge is 0.251 e. The van der Waals surface area contributed by atoms with Crippen LogP contribution in [0.1, 0.15) is 30.2 Å². The first kappa shape index (κ1) is 20.1. The molecule has 1 fully saturated rings. The van der Waals surface area contributed by atoms with Crippen LogP contribution in [0.15, 0.2) is 57.8 Å². The first-order valence-electron chi connectivity index (χ1n) is 9.50. The minimum atomic E-state index is -3.65. The average molecular weight is 424 g/mol. The summed E-state index contributed by atoms with van der Waals surface area (Å²) < 4.78 is 38.5. The van der Waals surface area contributed by atoms with E-state index in [9.17, 15) is 8.42 Å². The SMILES string of the molecule is COc1ccccc1-c1nnc(C2CCN(S(=O)(=O)c3cccc(C#N)c3)CC2)o1. The third kappa shape index (κ3) is 3.79. The molecule has 8 nitrogen and oxygen atoms in total. The molecular weight excluding hydrogens is 404 g/mol. The van der Waals surface area contributed by atoms with Gasteiger partial charge < -0.3 is 9.15 Å². The Labute approximate surface area is 174 Å². The molecule has 4 rings (SSSR count). The number of ether oxygens (including phenoxy) is 1. The highest BCUT2D eigenvalue weighted by Crippen LogP contribution is 2.34. The van der Waals surface area contributed by atoms with Gasteiger partial charge in [-0.3, -0.25) is 0 Å². The first-order valence-corrected chi connectivity index (χ1v) is 10.9. The Bertz CT molecular complexity index is 1190. The van der Waals surface area contributed by atoms with Crippen LogP contribution < -0.4 is 4.74 Å². The molecule has 0 spiro atoms. The Balaban J connectivity index is 1.48. The quantitative estimate of drug-likeness (QED) is 0.619. The van der Waals surface area contributed by atoms with Gasteiger partial charge in [-0.25, -0.2) is 8.42 Å². The zero-order valence-corrected chi connectivity index (χ0v) is 17.2. The van der Waals surface area contributed by atoms with Crippen LogP contribution in [0.25, 0.3) is 11.5 Å². The van der Waals surface area contributed by atoms with Crippen LogP contribution in [-0.4, -0.2) is 43.1 Å². The van der Waals surface area contributed by atoms with E-state index in [1.165, 1.54) is 16.4 Å². The van der Waals surface area contributed by atoms with Gasteiger partial charge in [-0.2, -0.15) is 9.57 Å². The van der Waals surface area contributed by atoms with Gasteiger partial charge in [0.25, 0.3) is 5.89 Å². The third-order valence-electron chi connectivity index (χ3n) is 5.18. The molecule has 0 N–H and O–H groups in total. The minimum Gasteiger partial charge on any atom is -0.496 e. The lowest BCUT2D eigenvalue weighted by molar-refractivity contribution is 0.291. The van der Waals surface area contributed by atoms with E-state index in [2.05, 4.69) is 10.2 Å². The molecule has 1 aromatic heterocycles. The van der Waals surface area contributed by atoms with Gasteiger partial charge in [0.2, 0.25) is 15.9 Å². The number of hydrogen-bond acceptors (Lipinski definition) is 7. The van der Waals surface area contributed by atoms with Crippen molar-refractivity contribution in [1.29, 1.82) is 5.26 Å². The van der Waals surface area contributed by atoms with Gasteiger partial charge >= 0.3 is 0 Å². The Kier molecular flexibility index (Phi) is 5.53. The molecule has 0 radical (unpaired) electrons. The van der Waals surface area contributed by atoms with Crippen molar-refractivity contribution in [1.82, 2.24) is 14.5 Å². The van der Waals surface area contributed by atoms with Crippen molar-refractivity contribution in [2.24, 2.45) is 0 Å². The van der Waals surface area contributed by atoms with Crippen LogP contribution in [0.2, 0.25) is 0 Å². The van der Waals surface area contributed by atoms with E-state index in [1.54, 1.807) is 19.2 Å². The maximum atomic E-state index is 12.9. The fourth-order valence-corrected chi connectivity index (χ4v) is 5.06. The number of methoxy groups -OCH3 is 1. The van der Waals surface area contributed by atoms with Crippen LogP contribution in [0.4, 0.5) is 0 Å². The summed E-state index contributed by atoms with van der Waals surface area (Å²) in [6.07, 6.45) is 1.15. The fraction of sp³-hybridized carbons (Fsp3) is 0.286. The maximum absolute atomic E-state index is 12.9. The number of sulfonamides is 1. The Morgan fingerprint density at radius 1 is 1.13 bits per heavy atom. The molecule has 0 amide bonds. The summed E-state index contributed by atoms with van der Waals surface area (Å²) in [7, 11) is -2.07. The van der Waals surface area contributed by atoms with E-state index in [4.69, 9.17) is 14.4 Å². The zero-order chi connectivity index (χ0) is 21.1. The van der Waals surface area contributed by atoms with Crippen molar-refractivity contribution in [3.8, 4) is 23.3 Å². The monoisotopic (exact) mass is 424 g/mol. The first-order chi connectivity index (χ1) is 14.5. The number of benzene rings is 2. The predicted molar refractivity (Wildman–Crippen MR) is 108 cm³/mol. The van der Waals surface area contributed by atoms with Crippen molar-refractivity contribution in [2.45, 2.75) is 23.7 Å². The van der Waals surface area contributed by atoms with Crippen molar-refractivity contribution >= 4 is 10.0 Å². The number of rotatable bonds is 5. The number of piperidine rings is 1. The van der Waals surface area contributed by atoms with E-state index >= 15 is 0 Å². The van der Waals surface area contributed by atoms with Crippen LogP contribution >= 0.6 is 0 Å². The van der Waals surface area contributed by atoms with Gasteiger partial charge in [-0.15, -0.1) is 10.2 Å². The van der Waals surface area contributed by atoms with Gasteiger partial charge in [-0.1, -0.05) is 18.2 Å². The van der Waals surface area contributed by atoms with Crippen LogP contribution in [0.3, 0.4) is 0 Å². The molecule has 2 aromatic carbocycles. The Morgan fingerprint density at radius 2 is 1.90 bits per heavy atom. The molecule has 1 aliphatic rings. The highest BCUT2D eigenvalue weighted by molar-refractivity contribution is 7.89. The molecule has 2 heterocycles. The van der Waals surface area contributed by atoms with Gasteiger partial charge in [0.15, 0.2) is 0 Å². The normalized spacial score (nSPS) is 15.6. The van der Waals surface area contributed by atoms with Crippen molar-refractivity contribution in [2.75, 3.05) is 20.2 Å². The van der Waals surface area contributed by atoms with Crippen LogP contribution in [-0.2, 0) is 10.0 Å². The molecular formula is C21H20N4O4S. The number of hydrogen-bond donors (Lipinski definition) is 0. The summed E-state index contributed by atoms with van der Waals surface area (Å²) in [6, 6.07) is 15.5. The van der Waals surface area contributed by atoms with Crippen LogP contribution in [0.5, 0.6) is 5.75 Å². The van der Waals surface area contributed by atoms with Crippen molar-refractivity contribution in [3.05, 3.63) is 60.0 Å². The highest BCUT2D eigenvalue weighted by Gasteiger charge is 2.32. The Hall–Kier alpha value is -3.22. The molecule has 9 heteroatoms. The second-order valence-electron chi connectivity index (χ2n) is 6.96. The number of para-hydroxylation sites is 1. The molecule has 0 aliphatic carbocycles. The summed E-state index contributed by atoms with van der Waals surface area (Å²) in [4.78, 5) is 0.135. The van der Waals surface area contributed by atoms with Crippen molar-refractivity contribution < 1.29 is 17.6 Å². The molecule has 0 saturated carbocycles. The van der Waals surface area contributed by atoms with E-state index in [-0.39, 0.29) is 10.8 Å². The average Bonchev–Trinajstić information content (AvgIpc) is 3.29. The summed E-state index contributed by atoms with van der Waals surface area (Å²) >= 11 is 0. The summed E-state index contributed by atoms with van der Waals surface area (Å²) in [6.45, 7) is 0.687. The van der Waals surface area contributed by atoms with E-state index in [0.717, 1.165) is 5.56 Å². The minimum absolute atomic E-state index is 0.0159. The van der Waals surface area contributed by atoms with E-state index < -0.39 is 10.0 Å². The summed E-state index contributed by atoms with van der Waals surface area (Å²) in [5.74, 6) is 1.51. The lowest BCUT2D eigenvalue weighted by atomic mass is 9.98. The number of nitriles is 1. The third-order valence-corrected chi connectivity index (χ3v) is 7.08. The number of aromatic nitrogens is 2. The zero-order valence-electron chi connectivity index (χ0n) is 16.4. The maximum Gasteiger partial charge on any atom is 0.251 e.